The third kappa shape index (κ3) is 1.73. The summed E-state index contributed by atoms with van der Waals surface area (Å²) < 4.78 is 0. The summed E-state index contributed by atoms with van der Waals surface area (Å²) in [6.45, 7) is 4.35. The van der Waals surface area contributed by atoms with Crippen LogP contribution in [0.1, 0.15) is 28.3 Å². The van der Waals surface area contributed by atoms with E-state index in [0.717, 1.165) is 6.42 Å². The molecule has 74 valence electrons. The van der Waals surface area contributed by atoms with Crippen LogP contribution in [0.15, 0.2) is 23.3 Å². The van der Waals surface area contributed by atoms with Crippen molar-refractivity contribution in [2.45, 2.75) is 26.3 Å². The van der Waals surface area contributed by atoms with E-state index in [4.69, 9.17) is 0 Å². The second-order valence-corrected chi connectivity index (χ2v) is 4.64. The molecule has 0 fully saturated rings. The summed E-state index contributed by atoms with van der Waals surface area (Å²) in [6, 6.07) is 2.50. The van der Waals surface area contributed by atoms with E-state index >= 15 is 0 Å². The predicted octanol–water partition coefficient (Wildman–Crippen LogP) is 2.81. The van der Waals surface area contributed by atoms with Crippen LogP contribution in [0.3, 0.4) is 0 Å². The SMILES string of the molecule is CCc1cc(C)sc1C1C=CNC=N1. The summed E-state index contributed by atoms with van der Waals surface area (Å²) in [6.07, 6.45) is 6.91. The van der Waals surface area contributed by atoms with E-state index in [-0.39, 0.29) is 6.04 Å². The highest BCUT2D eigenvalue weighted by Crippen LogP contribution is 2.31. The Morgan fingerprint density at radius 2 is 2.43 bits per heavy atom. The van der Waals surface area contributed by atoms with Crippen LogP contribution in [-0.4, -0.2) is 6.34 Å². The smallest absolute Gasteiger partial charge is 0.106 e. The first-order chi connectivity index (χ1) is 6.81. The monoisotopic (exact) mass is 206 g/mol. The number of aryl methyl sites for hydroxylation is 2. The van der Waals surface area contributed by atoms with Crippen molar-refractivity contribution in [3.63, 3.8) is 0 Å². The standard InChI is InChI=1S/C11H14N2S/c1-3-9-6-8(2)14-11(9)10-4-5-12-7-13-10/h4-7,10H,3H2,1-2H3,(H,12,13). The van der Waals surface area contributed by atoms with Gasteiger partial charge in [0.05, 0.1) is 6.34 Å². The minimum absolute atomic E-state index is 0.227. The zero-order chi connectivity index (χ0) is 9.97. The number of aliphatic imine (C=N–C) groups is 1. The molecule has 0 radical (unpaired) electrons. The van der Waals surface area contributed by atoms with E-state index in [1.165, 1.54) is 15.3 Å². The van der Waals surface area contributed by atoms with Crippen molar-refractivity contribution >= 4 is 17.7 Å². The first-order valence-electron chi connectivity index (χ1n) is 4.85. The summed E-state index contributed by atoms with van der Waals surface area (Å²) in [7, 11) is 0. The van der Waals surface area contributed by atoms with Gasteiger partial charge in [-0.3, -0.25) is 4.99 Å². The van der Waals surface area contributed by atoms with Crippen LogP contribution in [0.2, 0.25) is 0 Å². The number of nitrogens with one attached hydrogen (secondary N) is 1. The molecule has 14 heavy (non-hydrogen) atoms. The molecule has 1 N–H and O–H groups in total. The van der Waals surface area contributed by atoms with Crippen molar-refractivity contribution < 1.29 is 0 Å². The van der Waals surface area contributed by atoms with Gasteiger partial charge in [0.1, 0.15) is 6.04 Å². The van der Waals surface area contributed by atoms with Crippen LogP contribution in [0.25, 0.3) is 0 Å². The molecule has 1 aliphatic heterocycles. The van der Waals surface area contributed by atoms with Crippen molar-refractivity contribution in [1.29, 1.82) is 0 Å². The molecule has 0 aliphatic carbocycles. The first kappa shape index (κ1) is 9.46. The molecule has 0 bridgehead atoms. The van der Waals surface area contributed by atoms with Crippen LogP contribution in [0, 0.1) is 6.92 Å². The van der Waals surface area contributed by atoms with Crippen molar-refractivity contribution in [3.05, 3.63) is 33.7 Å². The van der Waals surface area contributed by atoms with Crippen LogP contribution in [0.4, 0.5) is 0 Å². The Kier molecular flexibility index (Phi) is 2.68. The Labute approximate surface area is 88.4 Å². The minimum Gasteiger partial charge on any atom is -0.353 e. The Bertz CT molecular complexity index is 365. The van der Waals surface area contributed by atoms with Gasteiger partial charge in [-0.1, -0.05) is 6.92 Å². The van der Waals surface area contributed by atoms with Gasteiger partial charge < -0.3 is 5.32 Å². The lowest BCUT2D eigenvalue weighted by Crippen LogP contribution is -2.08. The van der Waals surface area contributed by atoms with Gasteiger partial charge in [-0.25, -0.2) is 0 Å². The number of hydrogen-bond donors (Lipinski definition) is 1. The zero-order valence-corrected chi connectivity index (χ0v) is 9.27. The number of hydrogen-bond acceptors (Lipinski definition) is 3. The van der Waals surface area contributed by atoms with Gasteiger partial charge >= 0.3 is 0 Å². The Hall–Kier alpha value is -1.09. The maximum absolute atomic E-state index is 4.41. The highest BCUT2D eigenvalue weighted by Gasteiger charge is 2.14. The molecule has 1 aliphatic rings. The molecule has 0 saturated carbocycles. The molecule has 2 rings (SSSR count). The fourth-order valence-electron chi connectivity index (χ4n) is 1.63. The van der Waals surface area contributed by atoms with Gasteiger partial charge in [-0.2, -0.15) is 0 Å². The fourth-order valence-corrected chi connectivity index (χ4v) is 2.77. The Morgan fingerprint density at radius 1 is 1.57 bits per heavy atom. The molecule has 1 aromatic rings. The molecule has 3 heteroatoms. The molecule has 2 heterocycles. The molecule has 1 aromatic heterocycles. The summed E-state index contributed by atoms with van der Waals surface area (Å²) in [5, 5.41) is 2.96. The van der Waals surface area contributed by atoms with Crippen molar-refractivity contribution in [2.24, 2.45) is 4.99 Å². The highest BCUT2D eigenvalue weighted by molar-refractivity contribution is 7.12. The van der Waals surface area contributed by atoms with Gasteiger partial charge in [-0.05, 0) is 31.1 Å². The lowest BCUT2D eigenvalue weighted by Gasteiger charge is -2.10. The molecule has 2 nitrogen and oxygen atoms in total. The number of nitrogens with zero attached hydrogens (tertiary/aromatic N) is 1. The number of thiophene rings is 1. The van der Waals surface area contributed by atoms with Gasteiger partial charge in [0.25, 0.3) is 0 Å². The van der Waals surface area contributed by atoms with Gasteiger partial charge in [0.2, 0.25) is 0 Å². The van der Waals surface area contributed by atoms with Gasteiger partial charge in [-0.15, -0.1) is 11.3 Å². The van der Waals surface area contributed by atoms with E-state index in [1.807, 2.05) is 17.5 Å². The quantitative estimate of drug-likeness (QED) is 0.790. The molecule has 0 spiro atoms. The van der Waals surface area contributed by atoms with E-state index in [9.17, 15) is 0 Å². The van der Waals surface area contributed by atoms with E-state index < -0.39 is 0 Å². The van der Waals surface area contributed by atoms with Crippen LogP contribution >= 0.6 is 11.3 Å². The van der Waals surface area contributed by atoms with E-state index in [2.05, 4.69) is 36.3 Å². The second-order valence-electron chi connectivity index (χ2n) is 3.35. The summed E-state index contributed by atoms with van der Waals surface area (Å²) >= 11 is 1.85. The molecule has 1 unspecified atom stereocenters. The zero-order valence-electron chi connectivity index (χ0n) is 8.45. The highest BCUT2D eigenvalue weighted by atomic mass is 32.1. The topological polar surface area (TPSA) is 24.4 Å². The van der Waals surface area contributed by atoms with Crippen LogP contribution < -0.4 is 5.32 Å². The molecule has 1 atom stereocenters. The third-order valence-electron chi connectivity index (χ3n) is 2.30. The predicted molar refractivity (Wildman–Crippen MR) is 61.9 cm³/mol. The number of rotatable bonds is 2. The molecular weight excluding hydrogens is 192 g/mol. The van der Waals surface area contributed by atoms with Crippen molar-refractivity contribution in [1.82, 2.24) is 5.32 Å². The van der Waals surface area contributed by atoms with Crippen molar-refractivity contribution in [2.75, 3.05) is 0 Å². The van der Waals surface area contributed by atoms with Gasteiger partial charge in [0, 0.05) is 16.0 Å². The van der Waals surface area contributed by atoms with E-state index in [0.29, 0.717) is 0 Å². The van der Waals surface area contributed by atoms with Crippen molar-refractivity contribution in [3.8, 4) is 0 Å². The summed E-state index contributed by atoms with van der Waals surface area (Å²) in [5.74, 6) is 0. The summed E-state index contributed by atoms with van der Waals surface area (Å²) in [4.78, 5) is 7.17. The maximum atomic E-state index is 4.41. The molecule has 0 amide bonds. The lowest BCUT2D eigenvalue weighted by atomic mass is 10.1. The lowest BCUT2D eigenvalue weighted by molar-refractivity contribution is 0.886. The Balaban J connectivity index is 2.34. The van der Waals surface area contributed by atoms with Gasteiger partial charge in [0.15, 0.2) is 0 Å². The van der Waals surface area contributed by atoms with Crippen LogP contribution in [0.5, 0.6) is 0 Å². The van der Waals surface area contributed by atoms with E-state index in [1.54, 1.807) is 6.34 Å². The fraction of sp³-hybridized carbons (Fsp3) is 0.364. The molecular formula is C11H14N2S. The molecule has 0 aromatic carbocycles. The maximum Gasteiger partial charge on any atom is 0.106 e. The average Bonchev–Trinajstić information content (AvgIpc) is 2.61. The average molecular weight is 206 g/mol. The Morgan fingerprint density at radius 3 is 3.07 bits per heavy atom. The first-order valence-corrected chi connectivity index (χ1v) is 5.66. The normalized spacial score (nSPS) is 19.7. The minimum atomic E-state index is 0.227. The summed E-state index contributed by atoms with van der Waals surface area (Å²) in [5.41, 5.74) is 1.43. The largest absolute Gasteiger partial charge is 0.353 e. The molecule has 0 saturated heterocycles. The van der Waals surface area contributed by atoms with Crippen LogP contribution in [-0.2, 0) is 6.42 Å². The second kappa shape index (κ2) is 3.96. The third-order valence-corrected chi connectivity index (χ3v) is 3.46.